The highest BCUT2D eigenvalue weighted by molar-refractivity contribution is 6.41. The van der Waals surface area contributed by atoms with Crippen molar-refractivity contribution in [1.29, 1.82) is 0 Å². The first-order valence-corrected chi connectivity index (χ1v) is 11.3. The third-order valence-electron chi connectivity index (χ3n) is 5.59. The third kappa shape index (κ3) is 5.08. The van der Waals surface area contributed by atoms with Gasteiger partial charge in [0.1, 0.15) is 11.5 Å². The van der Waals surface area contributed by atoms with E-state index in [1.54, 1.807) is 26.5 Å². The summed E-state index contributed by atoms with van der Waals surface area (Å²) in [5.74, 6) is 1.48. The Morgan fingerprint density at radius 3 is 2.58 bits per heavy atom. The first-order chi connectivity index (χ1) is 15.9. The Labute approximate surface area is 202 Å². The summed E-state index contributed by atoms with van der Waals surface area (Å²) in [6, 6.07) is 7.82. The molecular weight excluding hydrogens is 465 g/mol. The van der Waals surface area contributed by atoms with E-state index in [0.29, 0.717) is 39.6 Å². The molecule has 0 radical (unpaired) electrons. The maximum atomic E-state index is 11.1. The first kappa shape index (κ1) is 23.4. The van der Waals surface area contributed by atoms with Gasteiger partial charge in [-0.1, -0.05) is 29.3 Å². The van der Waals surface area contributed by atoms with Gasteiger partial charge in [-0.15, -0.1) is 0 Å². The summed E-state index contributed by atoms with van der Waals surface area (Å²) in [6.07, 6.45) is 2.64. The fraction of sp³-hybridized carbons (Fsp3) is 0.348. The lowest BCUT2D eigenvalue weighted by molar-refractivity contribution is -0.119. The monoisotopic (exact) mass is 489 g/mol. The van der Waals surface area contributed by atoms with Gasteiger partial charge in [-0.3, -0.25) is 4.79 Å². The van der Waals surface area contributed by atoms with Crippen LogP contribution in [-0.4, -0.2) is 55.3 Å². The van der Waals surface area contributed by atoms with E-state index in [-0.39, 0.29) is 18.0 Å². The fourth-order valence-electron chi connectivity index (χ4n) is 3.93. The van der Waals surface area contributed by atoms with Crippen molar-refractivity contribution >= 4 is 46.0 Å². The molecule has 2 heterocycles. The summed E-state index contributed by atoms with van der Waals surface area (Å²) in [5.41, 5.74) is 2.22. The van der Waals surface area contributed by atoms with Crippen molar-refractivity contribution < 1.29 is 14.3 Å². The fourth-order valence-corrected chi connectivity index (χ4v) is 4.65. The van der Waals surface area contributed by atoms with Gasteiger partial charge in [0, 0.05) is 55.3 Å². The lowest BCUT2D eigenvalue weighted by atomic mass is 10.0. The number of halogens is 2. The molecule has 0 bridgehead atoms. The minimum absolute atomic E-state index is 0.0274. The molecule has 0 spiro atoms. The van der Waals surface area contributed by atoms with E-state index >= 15 is 0 Å². The van der Waals surface area contributed by atoms with E-state index in [1.165, 1.54) is 6.92 Å². The van der Waals surface area contributed by atoms with Crippen LogP contribution in [0.3, 0.4) is 0 Å². The minimum Gasteiger partial charge on any atom is -0.495 e. The second-order valence-electron chi connectivity index (χ2n) is 7.87. The van der Waals surface area contributed by atoms with Crippen molar-refractivity contribution in [2.75, 3.05) is 32.6 Å². The second kappa shape index (κ2) is 9.99. The first-order valence-electron chi connectivity index (χ1n) is 10.5. The van der Waals surface area contributed by atoms with E-state index in [2.05, 4.69) is 25.9 Å². The summed E-state index contributed by atoms with van der Waals surface area (Å²) in [4.78, 5) is 20.2. The van der Waals surface area contributed by atoms with Gasteiger partial charge in [0.25, 0.3) is 0 Å². The van der Waals surface area contributed by atoms with Crippen molar-refractivity contribution in [3.63, 3.8) is 0 Å². The molecule has 1 saturated heterocycles. The van der Waals surface area contributed by atoms with Crippen LogP contribution in [0.1, 0.15) is 13.3 Å². The number of fused-ring (bicyclic) bond motifs is 1. The Balaban J connectivity index is 1.55. The van der Waals surface area contributed by atoms with Crippen LogP contribution in [-0.2, 0) is 4.79 Å². The smallest absolute Gasteiger partial charge is 0.223 e. The lowest BCUT2D eigenvalue weighted by Gasteiger charge is -2.15. The number of aromatic nitrogens is 2. The van der Waals surface area contributed by atoms with Gasteiger partial charge in [0.2, 0.25) is 11.9 Å². The van der Waals surface area contributed by atoms with E-state index < -0.39 is 0 Å². The molecule has 3 aromatic rings. The van der Waals surface area contributed by atoms with Crippen LogP contribution in [0.4, 0.5) is 5.95 Å². The van der Waals surface area contributed by atoms with E-state index in [4.69, 9.17) is 32.7 Å². The third-order valence-corrected chi connectivity index (χ3v) is 6.35. The number of carbonyl (C=O) groups excluding carboxylic acids is 1. The van der Waals surface area contributed by atoms with Crippen LogP contribution in [0.25, 0.3) is 22.0 Å². The topological polar surface area (TPSA) is 97.4 Å². The molecule has 1 amide bonds. The van der Waals surface area contributed by atoms with Crippen molar-refractivity contribution in [3.8, 4) is 22.6 Å². The molecule has 0 saturated carbocycles. The summed E-state index contributed by atoms with van der Waals surface area (Å²) >= 11 is 13.1. The molecule has 1 aromatic heterocycles. The number of hydrogen-bond acceptors (Lipinski definition) is 7. The maximum Gasteiger partial charge on any atom is 0.223 e. The molecule has 1 fully saturated rings. The molecule has 174 valence electrons. The number of carbonyl (C=O) groups is 1. The van der Waals surface area contributed by atoms with E-state index in [1.807, 2.05) is 18.2 Å². The number of anilines is 1. The Morgan fingerprint density at radius 2 is 1.91 bits per heavy atom. The quantitative estimate of drug-likeness (QED) is 0.462. The molecule has 33 heavy (non-hydrogen) atoms. The Kier molecular flexibility index (Phi) is 7.07. The molecule has 10 heteroatoms. The Hall–Kier alpha value is -2.81. The molecule has 3 N–H and O–H groups in total. The SMILES string of the molecule is COc1cc(OC)c(Cl)c(-c2ccc3nc(N[C@@H]4CN[C@H](CNC(C)=O)C4)ncc3c2)c1Cl. The number of nitrogens with one attached hydrogen (secondary N) is 3. The highest BCUT2D eigenvalue weighted by atomic mass is 35.5. The highest BCUT2D eigenvalue weighted by Gasteiger charge is 2.25. The van der Waals surface area contributed by atoms with Gasteiger partial charge in [-0.25, -0.2) is 9.97 Å². The Morgan fingerprint density at radius 1 is 1.18 bits per heavy atom. The van der Waals surface area contributed by atoms with Gasteiger partial charge >= 0.3 is 0 Å². The zero-order valence-corrected chi connectivity index (χ0v) is 20.0. The van der Waals surface area contributed by atoms with Crippen molar-refractivity contribution in [2.45, 2.75) is 25.4 Å². The summed E-state index contributed by atoms with van der Waals surface area (Å²) in [7, 11) is 3.09. The number of rotatable bonds is 7. The zero-order valence-electron chi connectivity index (χ0n) is 18.5. The maximum absolute atomic E-state index is 11.1. The number of hydrogen-bond donors (Lipinski definition) is 3. The van der Waals surface area contributed by atoms with Crippen LogP contribution in [0.2, 0.25) is 10.0 Å². The van der Waals surface area contributed by atoms with Crippen molar-refractivity contribution in [1.82, 2.24) is 20.6 Å². The molecular formula is C23H25Cl2N5O3. The second-order valence-corrected chi connectivity index (χ2v) is 8.63. The average molecular weight is 490 g/mol. The van der Waals surface area contributed by atoms with E-state index in [9.17, 15) is 4.79 Å². The van der Waals surface area contributed by atoms with Crippen LogP contribution < -0.4 is 25.4 Å². The molecule has 2 atom stereocenters. The summed E-state index contributed by atoms with van der Waals surface area (Å²) in [5, 5.41) is 11.3. The van der Waals surface area contributed by atoms with E-state index in [0.717, 1.165) is 29.4 Å². The molecule has 1 aliphatic heterocycles. The number of benzene rings is 2. The molecule has 4 rings (SSSR count). The summed E-state index contributed by atoms with van der Waals surface area (Å²) < 4.78 is 10.8. The molecule has 0 unspecified atom stereocenters. The Bertz CT molecular complexity index is 1160. The largest absolute Gasteiger partial charge is 0.495 e. The van der Waals surface area contributed by atoms with Crippen LogP contribution in [0.5, 0.6) is 11.5 Å². The number of ether oxygens (including phenoxy) is 2. The normalized spacial score (nSPS) is 17.7. The number of nitrogens with zero attached hydrogens (tertiary/aromatic N) is 2. The van der Waals surface area contributed by atoms with Gasteiger partial charge in [-0.05, 0) is 24.1 Å². The van der Waals surface area contributed by atoms with Gasteiger partial charge < -0.3 is 25.4 Å². The molecule has 1 aliphatic rings. The molecule has 8 nitrogen and oxygen atoms in total. The highest BCUT2D eigenvalue weighted by Crippen LogP contribution is 2.46. The minimum atomic E-state index is -0.0274. The van der Waals surface area contributed by atoms with Gasteiger partial charge in [0.15, 0.2) is 0 Å². The predicted molar refractivity (Wildman–Crippen MR) is 131 cm³/mol. The number of methoxy groups -OCH3 is 2. The zero-order chi connectivity index (χ0) is 23.5. The molecule has 0 aliphatic carbocycles. The average Bonchev–Trinajstić information content (AvgIpc) is 3.25. The van der Waals surface area contributed by atoms with Crippen molar-refractivity contribution in [3.05, 3.63) is 40.5 Å². The van der Waals surface area contributed by atoms with Gasteiger partial charge in [0.05, 0.1) is 29.8 Å². The standard InChI is InChI=1S/C23H25Cl2N5O3/c1-12(31)26-10-15-7-16(11-27-15)29-23-28-9-14-6-13(4-5-17(14)30-23)20-21(24)18(32-2)8-19(33-3)22(20)25/h4-6,8-9,15-16,27H,7,10-11H2,1-3H3,(H,26,31)(H,28,29,30)/t15-,16-/m0/s1. The number of amides is 1. The summed E-state index contributed by atoms with van der Waals surface area (Å²) in [6.45, 7) is 2.90. The van der Waals surface area contributed by atoms with Crippen LogP contribution in [0.15, 0.2) is 30.5 Å². The van der Waals surface area contributed by atoms with Gasteiger partial charge in [-0.2, -0.15) is 0 Å². The molecule has 2 aromatic carbocycles. The van der Waals surface area contributed by atoms with Crippen LogP contribution >= 0.6 is 23.2 Å². The van der Waals surface area contributed by atoms with Crippen molar-refractivity contribution in [2.24, 2.45) is 0 Å². The predicted octanol–water partition coefficient (Wildman–Crippen LogP) is 3.90. The van der Waals surface area contributed by atoms with Crippen LogP contribution in [0, 0.1) is 0 Å². The lowest BCUT2D eigenvalue weighted by Crippen LogP contribution is -2.35.